The maximum atomic E-state index is 11.8. The summed E-state index contributed by atoms with van der Waals surface area (Å²) in [6.45, 7) is 0.521. The van der Waals surface area contributed by atoms with Gasteiger partial charge in [0.25, 0.3) is 0 Å². The number of hydrogen-bond acceptors (Lipinski definition) is 3. The molecule has 0 fully saturated rings. The number of benzene rings is 2. The molecular formula is C17H20N2O2. The number of nitrogens with two attached hydrogens (primary N) is 1. The lowest BCUT2D eigenvalue weighted by molar-refractivity contribution is -0.121. The molecule has 4 heteroatoms. The highest BCUT2D eigenvalue weighted by molar-refractivity contribution is 5.76. The number of hydrogen-bond donors (Lipinski definition) is 2. The van der Waals surface area contributed by atoms with Crippen molar-refractivity contribution in [3.63, 3.8) is 0 Å². The van der Waals surface area contributed by atoms with Crippen LogP contribution in [0.15, 0.2) is 48.5 Å². The standard InChI is InChI=1S/C17H20N2O2/c1-21-15-9-6-13(7-10-15)12-19-17(20)11-8-14-4-2-3-5-16(14)18/h2-7,9-10H,8,11-12,18H2,1H3,(H,19,20). The fourth-order valence-electron chi connectivity index (χ4n) is 2.04. The number of carbonyl (C=O) groups excluding carboxylic acids is 1. The first-order valence-corrected chi connectivity index (χ1v) is 6.92. The van der Waals surface area contributed by atoms with Crippen molar-refractivity contribution in [2.75, 3.05) is 12.8 Å². The fourth-order valence-corrected chi connectivity index (χ4v) is 2.04. The van der Waals surface area contributed by atoms with E-state index in [-0.39, 0.29) is 5.91 Å². The van der Waals surface area contributed by atoms with E-state index in [1.807, 2.05) is 48.5 Å². The van der Waals surface area contributed by atoms with E-state index in [1.54, 1.807) is 7.11 Å². The summed E-state index contributed by atoms with van der Waals surface area (Å²) in [4.78, 5) is 11.8. The Morgan fingerprint density at radius 3 is 2.52 bits per heavy atom. The van der Waals surface area contributed by atoms with Crippen LogP contribution < -0.4 is 15.8 Å². The number of nitrogens with one attached hydrogen (secondary N) is 1. The van der Waals surface area contributed by atoms with Gasteiger partial charge < -0.3 is 15.8 Å². The molecule has 2 aromatic carbocycles. The first kappa shape index (κ1) is 14.9. The van der Waals surface area contributed by atoms with Gasteiger partial charge in [0.15, 0.2) is 0 Å². The highest BCUT2D eigenvalue weighted by Crippen LogP contribution is 2.13. The molecule has 0 spiro atoms. The molecule has 0 aliphatic carbocycles. The van der Waals surface area contributed by atoms with Gasteiger partial charge in [0.2, 0.25) is 5.91 Å². The molecule has 0 radical (unpaired) electrons. The van der Waals surface area contributed by atoms with Gasteiger partial charge in [-0.2, -0.15) is 0 Å². The smallest absolute Gasteiger partial charge is 0.220 e. The van der Waals surface area contributed by atoms with Crippen LogP contribution >= 0.6 is 0 Å². The maximum Gasteiger partial charge on any atom is 0.220 e. The molecule has 4 nitrogen and oxygen atoms in total. The lowest BCUT2D eigenvalue weighted by Crippen LogP contribution is -2.23. The second-order valence-electron chi connectivity index (χ2n) is 4.82. The van der Waals surface area contributed by atoms with Gasteiger partial charge >= 0.3 is 0 Å². The third-order valence-electron chi connectivity index (χ3n) is 3.33. The highest BCUT2D eigenvalue weighted by Gasteiger charge is 2.04. The van der Waals surface area contributed by atoms with Crippen LogP contribution in [0.3, 0.4) is 0 Å². The quantitative estimate of drug-likeness (QED) is 0.801. The van der Waals surface area contributed by atoms with Crippen molar-refractivity contribution in [3.8, 4) is 5.75 Å². The molecule has 21 heavy (non-hydrogen) atoms. The summed E-state index contributed by atoms with van der Waals surface area (Å²) < 4.78 is 5.09. The number of ether oxygens (including phenoxy) is 1. The molecule has 0 heterocycles. The second-order valence-corrected chi connectivity index (χ2v) is 4.82. The first-order chi connectivity index (χ1) is 10.2. The van der Waals surface area contributed by atoms with Crippen LogP contribution in [0.5, 0.6) is 5.75 Å². The minimum atomic E-state index is 0.0223. The van der Waals surface area contributed by atoms with E-state index >= 15 is 0 Å². The summed E-state index contributed by atoms with van der Waals surface area (Å²) in [6, 6.07) is 15.3. The van der Waals surface area contributed by atoms with Crippen LogP contribution in [0.2, 0.25) is 0 Å². The third-order valence-corrected chi connectivity index (χ3v) is 3.33. The number of amides is 1. The van der Waals surface area contributed by atoms with E-state index in [4.69, 9.17) is 10.5 Å². The van der Waals surface area contributed by atoms with Gasteiger partial charge in [0, 0.05) is 18.7 Å². The van der Waals surface area contributed by atoms with Crippen LogP contribution in [-0.4, -0.2) is 13.0 Å². The summed E-state index contributed by atoms with van der Waals surface area (Å²) in [5.41, 5.74) is 8.65. The van der Waals surface area contributed by atoms with Gasteiger partial charge in [0.05, 0.1) is 7.11 Å². The summed E-state index contributed by atoms with van der Waals surface area (Å²) in [5, 5.41) is 2.91. The van der Waals surface area contributed by atoms with Gasteiger partial charge in [-0.1, -0.05) is 30.3 Å². The molecule has 110 valence electrons. The minimum Gasteiger partial charge on any atom is -0.497 e. The molecular weight excluding hydrogens is 264 g/mol. The van der Waals surface area contributed by atoms with Crippen molar-refractivity contribution in [2.45, 2.75) is 19.4 Å². The predicted octanol–water partition coefficient (Wildman–Crippen LogP) is 2.53. The van der Waals surface area contributed by atoms with Gasteiger partial charge in [-0.3, -0.25) is 4.79 Å². The van der Waals surface area contributed by atoms with Crippen LogP contribution in [0.25, 0.3) is 0 Å². The third kappa shape index (κ3) is 4.53. The van der Waals surface area contributed by atoms with Crippen molar-refractivity contribution in [2.24, 2.45) is 0 Å². The number of carbonyl (C=O) groups is 1. The number of rotatable bonds is 6. The molecule has 0 saturated carbocycles. The minimum absolute atomic E-state index is 0.0223. The van der Waals surface area contributed by atoms with E-state index in [1.165, 1.54) is 0 Å². The van der Waals surface area contributed by atoms with Crippen molar-refractivity contribution < 1.29 is 9.53 Å². The number of para-hydroxylation sites is 1. The number of aryl methyl sites for hydroxylation is 1. The zero-order valence-corrected chi connectivity index (χ0v) is 12.1. The fraction of sp³-hybridized carbons (Fsp3) is 0.235. The largest absolute Gasteiger partial charge is 0.497 e. The Labute approximate surface area is 124 Å². The Morgan fingerprint density at radius 1 is 1.14 bits per heavy atom. The van der Waals surface area contributed by atoms with Crippen LogP contribution in [0.4, 0.5) is 5.69 Å². The predicted molar refractivity (Wildman–Crippen MR) is 84.0 cm³/mol. The van der Waals surface area contributed by atoms with Crippen LogP contribution in [0.1, 0.15) is 17.5 Å². The topological polar surface area (TPSA) is 64.3 Å². The Hall–Kier alpha value is -2.49. The number of nitrogen functional groups attached to an aromatic ring is 1. The van der Waals surface area contributed by atoms with Gasteiger partial charge in [-0.15, -0.1) is 0 Å². The van der Waals surface area contributed by atoms with Crippen LogP contribution in [0, 0.1) is 0 Å². The highest BCUT2D eigenvalue weighted by atomic mass is 16.5. The Morgan fingerprint density at radius 2 is 1.86 bits per heavy atom. The molecule has 2 rings (SSSR count). The Kier molecular flexibility index (Phi) is 5.21. The van der Waals surface area contributed by atoms with Crippen molar-refractivity contribution in [1.29, 1.82) is 0 Å². The molecule has 2 aromatic rings. The summed E-state index contributed by atoms with van der Waals surface area (Å²) >= 11 is 0. The van der Waals surface area contributed by atoms with E-state index < -0.39 is 0 Å². The second kappa shape index (κ2) is 7.33. The molecule has 0 aromatic heterocycles. The van der Waals surface area contributed by atoms with Gasteiger partial charge in [0.1, 0.15) is 5.75 Å². The molecule has 3 N–H and O–H groups in total. The summed E-state index contributed by atoms with van der Waals surface area (Å²) in [7, 11) is 1.63. The van der Waals surface area contributed by atoms with Gasteiger partial charge in [-0.05, 0) is 35.7 Å². The SMILES string of the molecule is COc1ccc(CNC(=O)CCc2ccccc2N)cc1. The van der Waals surface area contributed by atoms with E-state index in [2.05, 4.69) is 5.32 Å². The summed E-state index contributed by atoms with van der Waals surface area (Å²) in [6.07, 6.45) is 1.09. The van der Waals surface area contributed by atoms with E-state index in [0.29, 0.717) is 19.4 Å². The normalized spacial score (nSPS) is 10.1. The lowest BCUT2D eigenvalue weighted by atomic mass is 10.1. The van der Waals surface area contributed by atoms with Crippen molar-refractivity contribution in [3.05, 3.63) is 59.7 Å². The van der Waals surface area contributed by atoms with Crippen LogP contribution in [-0.2, 0) is 17.8 Å². The monoisotopic (exact) mass is 284 g/mol. The van der Waals surface area contributed by atoms with E-state index in [9.17, 15) is 4.79 Å². The average Bonchev–Trinajstić information content (AvgIpc) is 2.52. The van der Waals surface area contributed by atoms with Gasteiger partial charge in [-0.25, -0.2) is 0 Å². The maximum absolute atomic E-state index is 11.8. The molecule has 1 amide bonds. The Bertz CT molecular complexity index is 594. The van der Waals surface area contributed by atoms with Crippen molar-refractivity contribution in [1.82, 2.24) is 5.32 Å². The Balaban J connectivity index is 1.78. The molecule has 0 saturated heterocycles. The first-order valence-electron chi connectivity index (χ1n) is 6.92. The van der Waals surface area contributed by atoms with Crippen molar-refractivity contribution >= 4 is 11.6 Å². The zero-order chi connectivity index (χ0) is 15.1. The lowest BCUT2D eigenvalue weighted by Gasteiger charge is -2.07. The summed E-state index contributed by atoms with van der Waals surface area (Å²) in [5.74, 6) is 0.832. The molecule has 0 aliphatic rings. The zero-order valence-electron chi connectivity index (χ0n) is 12.1. The van der Waals surface area contributed by atoms with E-state index in [0.717, 1.165) is 22.6 Å². The molecule has 0 unspecified atom stereocenters. The average molecular weight is 284 g/mol. The molecule has 0 bridgehead atoms. The molecule has 0 aliphatic heterocycles. The molecule has 0 atom stereocenters. The number of anilines is 1. The number of methoxy groups -OCH3 is 1.